The van der Waals surface area contributed by atoms with Gasteiger partial charge in [0.15, 0.2) is 0 Å². The summed E-state index contributed by atoms with van der Waals surface area (Å²) in [6.45, 7) is 2.14. The van der Waals surface area contributed by atoms with Crippen LogP contribution in [0.1, 0.15) is 18.4 Å². The minimum Gasteiger partial charge on any atom is -0.382 e. The highest BCUT2D eigenvalue weighted by molar-refractivity contribution is 9.10. The molecule has 0 aliphatic heterocycles. The van der Waals surface area contributed by atoms with Crippen molar-refractivity contribution < 1.29 is 0 Å². The smallest absolute Gasteiger partial charge is 0.0383 e. The van der Waals surface area contributed by atoms with Gasteiger partial charge in [-0.15, -0.1) is 0 Å². The summed E-state index contributed by atoms with van der Waals surface area (Å²) in [4.78, 5) is 0. The summed E-state index contributed by atoms with van der Waals surface area (Å²) >= 11 is 3.47. The van der Waals surface area contributed by atoms with E-state index in [4.69, 9.17) is 0 Å². The predicted molar refractivity (Wildman–Crippen MR) is 55.5 cm³/mol. The maximum absolute atomic E-state index is 3.49. The van der Waals surface area contributed by atoms with Gasteiger partial charge >= 0.3 is 0 Å². The van der Waals surface area contributed by atoms with Crippen molar-refractivity contribution in [2.75, 3.05) is 5.32 Å². The van der Waals surface area contributed by atoms with Gasteiger partial charge in [0, 0.05) is 16.2 Å². The molecular formula is C10H12BrN. The van der Waals surface area contributed by atoms with Crippen LogP contribution >= 0.6 is 15.9 Å². The van der Waals surface area contributed by atoms with Crippen LogP contribution in [0.5, 0.6) is 0 Å². The van der Waals surface area contributed by atoms with Crippen molar-refractivity contribution in [3.63, 3.8) is 0 Å². The Bertz CT molecular complexity index is 292. The van der Waals surface area contributed by atoms with Crippen molar-refractivity contribution in [2.24, 2.45) is 0 Å². The molecule has 12 heavy (non-hydrogen) atoms. The molecule has 0 heterocycles. The molecule has 0 saturated heterocycles. The van der Waals surface area contributed by atoms with Crippen LogP contribution in [0, 0.1) is 6.92 Å². The monoisotopic (exact) mass is 225 g/mol. The van der Waals surface area contributed by atoms with Gasteiger partial charge in [0.2, 0.25) is 0 Å². The van der Waals surface area contributed by atoms with Crippen molar-refractivity contribution in [1.29, 1.82) is 0 Å². The fraction of sp³-hybridized carbons (Fsp3) is 0.400. The Morgan fingerprint density at radius 3 is 2.83 bits per heavy atom. The highest BCUT2D eigenvalue weighted by Crippen LogP contribution is 2.28. The first-order valence-electron chi connectivity index (χ1n) is 4.28. The highest BCUT2D eigenvalue weighted by Gasteiger charge is 2.21. The van der Waals surface area contributed by atoms with Gasteiger partial charge in [-0.05, 0) is 37.5 Å². The van der Waals surface area contributed by atoms with E-state index in [9.17, 15) is 0 Å². The molecule has 2 heteroatoms. The van der Waals surface area contributed by atoms with E-state index in [-0.39, 0.29) is 0 Å². The molecule has 0 radical (unpaired) electrons. The van der Waals surface area contributed by atoms with Crippen LogP contribution in [0.25, 0.3) is 0 Å². The van der Waals surface area contributed by atoms with E-state index in [0.717, 1.165) is 10.5 Å². The molecule has 1 fully saturated rings. The molecule has 0 bridgehead atoms. The fourth-order valence-electron chi connectivity index (χ4n) is 1.20. The van der Waals surface area contributed by atoms with Crippen molar-refractivity contribution in [3.8, 4) is 0 Å². The van der Waals surface area contributed by atoms with Crippen molar-refractivity contribution >= 4 is 21.6 Å². The van der Waals surface area contributed by atoms with Gasteiger partial charge in [-0.1, -0.05) is 22.0 Å². The number of hydrogen-bond donors (Lipinski definition) is 1. The number of aryl methyl sites for hydroxylation is 1. The molecule has 1 aliphatic carbocycles. The second-order valence-electron chi connectivity index (χ2n) is 3.38. The lowest BCUT2D eigenvalue weighted by atomic mass is 10.2. The van der Waals surface area contributed by atoms with Gasteiger partial charge in [0.1, 0.15) is 0 Å². The van der Waals surface area contributed by atoms with Crippen LogP contribution in [-0.2, 0) is 0 Å². The van der Waals surface area contributed by atoms with Gasteiger partial charge in [-0.2, -0.15) is 0 Å². The van der Waals surface area contributed by atoms with Gasteiger partial charge in [0.05, 0.1) is 0 Å². The summed E-state index contributed by atoms with van der Waals surface area (Å²) in [6, 6.07) is 7.09. The van der Waals surface area contributed by atoms with E-state index in [2.05, 4.69) is 46.4 Å². The van der Waals surface area contributed by atoms with E-state index in [1.54, 1.807) is 0 Å². The van der Waals surface area contributed by atoms with Crippen LogP contribution in [-0.4, -0.2) is 6.04 Å². The third-order valence-electron chi connectivity index (χ3n) is 2.14. The Balaban J connectivity index is 2.21. The fourth-order valence-corrected chi connectivity index (χ4v) is 1.56. The molecule has 0 amide bonds. The van der Waals surface area contributed by atoms with Crippen LogP contribution < -0.4 is 5.32 Å². The first-order valence-corrected chi connectivity index (χ1v) is 5.08. The first-order chi connectivity index (χ1) is 5.75. The lowest BCUT2D eigenvalue weighted by Gasteiger charge is -2.08. The van der Waals surface area contributed by atoms with Gasteiger partial charge in [-0.25, -0.2) is 0 Å². The Labute approximate surface area is 81.3 Å². The molecule has 1 aromatic carbocycles. The molecule has 0 aromatic heterocycles. The quantitative estimate of drug-likeness (QED) is 0.815. The molecule has 1 nitrogen and oxygen atoms in total. The number of halogens is 1. The predicted octanol–water partition coefficient (Wildman–Crippen LogP) is 3.33. The highest BCUT2D eigenvalue weighted by atomic mass is 79.9. The number of anilines is 1. The minimum absolute atomic E-state index is 0.734. The van der Waals surface area contributed by atoms with Crippen LogP contribution in [0.15, 0.2) is 22.7 Å². The third-order valence-corrected chi connectivity index (χ3v) is 2.63. The summed E-state index contributed by atoms with van der Waals surface area (Å²) in [7, 11) is 0. The van der Waals surface area contributed by atoms with Crippen molar-refractivity contribution in [2.45, 2.75) is 25.8 Å². The van der Waals surface area contributed by atoms with Gasteiger partial charge in [-0.3, -0.25) is 0 Å². The summed E-state index contributed by atoms with van der Waals surface area (Å²) in [6.07, 6.45) is 2.65. The number of benzene rings is 1. The van der Waals surface area contributed by atoms with Gasteiger partial charge < -0.3 is 5.32 Å². The van der Waals surface area contributed by atoms with E-state index >= 15 is 0 Å². The largest absolute Gasteiger partial charge is 0.382 e. The van der Waals surface area contributed by atoms with Gasteiger partial charge in [0.25, 0.3) is 0 Å². The average molecular weight is 226 g/mol. The first kappa shape index (κ1) is 8.11. The zero-order chi connectivity index (χ0) is 8.55. The summed E-state index contributed by atoms with van der Waals surface area (Å²) in [5.74, 6) is 0. The van der Waals surface area contributed by atoms with E-state index in [1.807, 2.05) is 0 Å². The van der Waals surface area contributed by atoms with E-state index in [1.165, 1.54) is 24.1 Å². The van der Waals surface area contributed by atoms with Crippen molar-refractivity contribution in [1.82, 2.24) is 0 Å². The zero-order valence-corrected chi connectivity index (χ0v) is 8.69. The van der Waals surface area contributed by atoms with Crippen molar-refractivity contribution in [3.05, 3.63) is 28.2 Å². The van der Waals surface area contributed by atoms with E-state index in [0.29, 0.717) is 0 Å². The molecule has 1 N–H and O–H groups in total. The third kappa shape index (κ3) is 1.81. The summed E-state index contributed by atoms with van der Waals surface area (Å²) < 4.78 is 1.15. The molecule has 1 aromatic rings. The van der Waals surface area contributed by atoms with E-state index < -0.39 is 0 Å². The minimum atomic E-state index is 0.734. The average Bonchev–Trinajstić information content (AvgIpc) is 2.81. The lowest BCUT2D eigenvalue weighted by molar-refractivity contribution is 1.14. The number of rotatable bonds is 2. The normalized spacial score (nSPS) is 16.2. The number of hydrogen-bond acceptors (Lipinski definition) is 1. The zero-order valence-electron chi connectivity index (χ0n) is 7.10. The summed E-state index contributed by atoms with van der Waals surface area (Å²) in [5.41, 5.74) is 2.59. The van der Waals surface area contributed by atoms with Crippen LogP contribution in [0.4, 0.5) is 5.69 Å². The Kier molecular flexibility index (Phi) is 2.09. The van der Waals surface area contributed by atoms with Crippen LogP contribution in [0.3, 0.4) is 0 Å². The Morgan fingerprint density at radius 1 is 1.42 bits per heavy atom. The molecule has 1 aliphatic rings. The molecule has 0 atom stereocenters. The molecule has 0 spiro atoms. The summed E-state index contributed by atoms with van der Waals surface area (Å²) in [5, 5.41) is 3.49. The second-order valence-corrected chi connectivity index (χ2v) is 4.29. The molecule has 64 valence electrons. The topological polar surface area (TPSA) is 12.0 Å². The molecular weight excluding hydrogens is 214 g/mol. The molecule has 1 saturated carbocycles. The lowest BCUT2D eigenvalue weighted by Crippen LogP contribution is -2.02. The standard InChI is InChI=1S/C10H12BrN/c1-7-2-3-8(11)6-10(7)12-9-4-5-9/h2-3,6,9,12H,4-5H2,1H3. The second kappa shape index (κ2) is 3.09. The molecule has 0 unspecified atom stereocenters. The molecule has 2 rings (SSSR count). The maximum Gasteiger partial charge on any atom is 0.0383 e. The maximum atomic E-state index is 3.49. The Hall–Kier alpha value is -0.500. The van der Waals surface area contributed by atoms with Crippen LogP contribution in [0.2, 0.25) is 0 Å². The SMILES string of the molecule is Cc1ccc(Br)cc1NC1CC1. The Morgan fingerprint density at radius 2 is 2.17 bits per heavy atom. The number of nitrogens with one attached hydrogen (secondary N) is 1.